The Labute approximate surface area is 268 Å². The van der Waals surface area contributed by atoms with E-state index in [-0.39, 0.29) is 43.6 Å². The topological polar surface area (TPSA) is 127 Å². The third-order valence-corrected chi connectivity index (χ3v) is 9.40. The minimum atomic E-state index is -3.67. The smallest absolute Gasteiger partial charge is 0.261 e. The Kier molecular flexibility index (Phi) is 11.0. The molecule has 1 fully saturated rings. The molecule has 1 aromatic heterocycles. The van der Waals surface area contributed by atoms with E-state index in [2.05, 4.69) is 10.3 Å². The van der Waals surface area contributed by atoms with Crippen LogP contribution in [0.3, 0.4) is 0 Å². The van der Waals surface area contributed by atoms with Crippen LogP contribution < -0.4 is 14.8 Å². The second-order valence-corrected chi connectivity index (χ2v) is 12.5. The molecule has 5 rings (SSSR count). The second-order valence-electron chi connectivity index (χ2n) is 10.5. The molecule has 1 aliphatic rings. The summed E-state index contributed by atoms with van der Waals surface area (Å²) < 4.78 is 43.8. The van der Waals surface area contributed by atoms with Gasteiger partial charge in [-0.3, -0.25) is 14.6 Å². The van der Waals surface area contributed by atoms with Gasteiger partial charge in [0.05, 0.1) is 25.2 Å². The van der Waals surface area contributed by atoms with E-state index in [1.807, 2.05) is 36.4 Å². The highest BCUT2D eigenvalue weighted by Crippen LogP contribution is 2.26. The van der Waals surface area contributed by atoms with E-state index in [1.165, 1.54) is 33.5 Å². The van der Waals surface area contributed by atoms with E-state index in [9.17, 15) is 18.0 Å². The van der Waals surface area contributed by atoms with Crippen molar-refractivity contribution in [2.24, 2.45) is 0 Å². The number of hydrogen-bond donors (Lipinski definition) is 1. The lowest BCUT2D eigenvalue weighted by Crippen LogP contribution is -2.45. The first kappa shape index (κ1) is 32.6. The van der Waals surface area contributed by atoms with Crippen LogP contribution in [0.15, 0.2) is 108 Å². The number of rotatable bonds is 13. The minimum absolute atomic E-state index is 0.114. The Morgan fingerprint density at radius 1 is 0.913 bits per heavy atom. The molecule has 2 heterocycles. The molecule has 1 N–H and O–H groups in total. The van der Waals surface area contributed by atoms with Crippen LogP contribution in [0.5, 0.6) is 11.5 Å². The zero-order valence-electron chi connectivity index (χ0n) is 25.4. The fourth-order valence-electron chi connectivity index (χ4n) is 5.02. The van der Waals surface area contributed by atoms with Crippen LogP contribution in [0.1, 0.15) is 22.7 Å². The zero-order chi connectivity index (χ0) is 32.4. The highest BCUT2D eigenvalue weighted by atomic mass is 32.2. The van der Waals surface area contributed by atoms with Gasteiger partial charge in [-0.1, -0.05) is 48.5 Å². The fraction of sp³-hybridized carbons (Fsp3) is 0.265. The molecule has 1 saturated heterocycles. The summed E-state index contributed by atoms with van der Waals surface area (Å²) in [6.07, 6.45) is 3.33. The lowest BCUT2D eigenvalue weighted by atomic mass is 10.0. The number of methoxy groups -OCH3 is 1. The first-order valence-corrected chi connectivity index (χ1v) is 16.2. The molecule has 1 aliphatic heterocycles. The van der Waals surface area contributed by atoms with Crippen LogP contribution in [-0.2, 0) is 37.4 Å². The number of nitrogens with zero attached hydrogens (tertiary/aromatic N) is 3. The third kappa shape index (κ3) is 8.27. The molecular formula is C34H36N4O7S. The lowest BCUT2D eigenvalue weighted by Gasteiger charge is -2.31. The van der Waals surface area contributed by atoms with E-state index in [0.29, 0.717) is 30.3 Å². The lowest BCUT2D eigenvalue weighted by molar-refractivity contribution is -0.143. The average Bonchev–Trinajstić information content (AvgIpc) is 3.11. The van der Waals surface area contributed by atoms with E-state index in [1.54, 1.807) is 49.8 Å². The standard InChI is InChI=1S/C34H36N4O7S/c1-43-29-11-9-26(10-12-29)24-38(33(28-7-3-2-4-8-28)34(40)36-23-27-6-5-17-35-22-27)32(39)25-45-30-13-15-31(16-14-30)46(41,42)37-18-20-44-21-19-37/h2-17,22,33H,18-21,23-25H2,1H3,(H,36,40)/t33-/m1/s1. The fourth-order valence-corrected chi connectivity index (χ4v) is 6.43. The van der Waals surface area contributed by atoms with Crippen molar-refractivity contribution in [3.8, 4) is 11.5 Å². The third-order valence-electron chi connectivity index (χ3n) is 7.49. The quantitative estimate of drug-likeness (QED) is 0.234. The molecule has 0 saturated carbocycles. The van der Waals surface area contributed by atoms with Crippen LogP contribution in [0.4, 0.5) is 0 Å². The predicted octanol–water partition coefficient (Wildman–Crippen LogP) is 3.58. The summed E-state index contributed by atoms with van der Waals surface area (Å²) in [4.78, 5) is 33.5. The van der Waals surface area contributed by atoms with E-state index >= 15 is 0 Å². The van der Waals surface area contributed by atoms with Crippen molar-refractivity contribution >= 4 is 21.8 Å². The summed E-state index contributed by atoms with van der Waals surface area (Å²) in [6.45, 7) is 1.24. The largest absolute Gasteiger partial charge is 0.497 e. The summed E-state index contributed by atoms with van der Waals surface area (Å²) in [5, 5.41) is 2.96. The molecule has 0 spiro atoms. The Morgan fingerprint density at radius 2 is 1.61 bits per heavy atom. The number of aromatic nitrogens is 1. The van der Waals surface area contributed by atoms with Crippen LogP contribution in [0.2, 0.25) is 0 Å². The van der Waals surface area contributed by atoms with Crippen LogP contribution in [0.25, 0.3) is 0 Å². The maximum atomic E-state index is 13.9. The molecule has 0 unspecified atom stereocenters. The Bertz CT molecular complexity index is 1680. The second kappa shape index (κ2) is 15.5. The molecule has 0 bridgehead atoms. The van der Waals surface area contributed by atoms with Crippen molar-refractivity contribution in [3.63, 3.8) is 0 Å². The molecule has 0 radical (unpaired) electrons. The van der Waals surface area contributed by atoms with E-state index in [0.717, 1.165) is 11.1 Å². The molecule has 3 aromatic carbocycles. The SMILES string of the molecule is COc1ccc(CN(C(=O)COc2ccc(S(=O)(=O)N3CCOCC3)cc2)[C@@H](C(=O)NCc2cccnc2)c2ccccc2)cc1. The molecule has 240 valence electrons. The van der Waals surface area contributed by atoms with Gasteiger partial charge >= 0.3 is 0 Å². The van der Waals surface area contributed by atoms with Gasteiger partial charge < -0.3 is 24.4 Å². The number of morpholine rings is 1. The van der Waals surface area contributed by atoms with Crippen molar-refractivity contribution in [3.05, 3.63) is 120 Å². The van der Waals surface area contributed by atoms with Gasteiger partial charge in [-0.25, -0.2) is 8.42 Å². The number of benzene rings is 3. The number of pyridine rings is 1. The first-order valence-electron chi connectivity index (χ1n) is 14.8. The first-order chi connectivity index (χ1) is 22.3. The Balaban J connectivity index is 1.37. The number of amides is 2. The van der Waals surface area contributed by atoms with Gasteiger partial charge in [-0.05, 0) is 59.2 Å². The Morgan fingerprint density at radius 3 is 2.26 bits per heavy atom. The maximum Gasteiger partial charge on any atom is 0.261 e. The summed E-state index contributed by atoms with van der Waals surface area (Å²) in [6, 6.07) is 25.0. The normalized spacial score (nSPS) is 14.2. The van der Waals surface area contributed by atoms with Gasteiger partial charge in [-0.15, -0.1) is 0 Å². The van der Waals surface area contributed by atoms with Crippen molar-refractivity contribution in [1.82, 2.24) is 19.5 Å². The molecular weight excluding hydrogens is 608 g/mol. The van der Waals surface area contributed by atoms with Gasteiger partial charge in [0.2, 0.25) is 15.9 Å². The highest BCUT2D eigenvalue weighted by molar-refractivity contribution is 7.89. The monoisotopic (exact) mass is 644 g/mol. The molecule has 11 nitrogen and oxygen atoms in total. The number of carbonyl (C=O) groups is 2. The number of hydrogen-bond acceptors (Lipinski definition) is 8. The number of sulfonamides is 1. The van der Waals surface area contributed by atoms with Gasteiger partial charge in [0.25, 0.3) is 5.91 Å². The summed E-state index contributed by atoms with van der Waals surface area (Å²) >= 11 is 0. The van der Waals surface area contributed by atoms with Crippen molar-refractivity contribution in [2.45, 2.75) is 24.0 Å². The van der Waals surface area contributed by atoms with Crippen LogP contribution in [-0.4, -0.2) is 74.4 Å². The summed E-state index contributed by atoms with van der Waals surface area (Å²) in [7, 11) is -2.10. The van der Waals surface area contributed by atoms with Crippen LogP contribution >= 0.6 is 0 Å². The van der Waals surface area contributed by atoms with Crippen molar-refractivity contribution < 1.29 is 32.2 Å². The minimum Gasteiger partial charge on any atom is -0.497 e. The van der Waals surface area contributed by atoms with Gasteiger partial charge in [0.1, 0.15) is 17.5 Å². The molecule has 1 atom stereocenters. The van der Waals surface area contributed by atoms with Crippen molar-refractivity contribution in [2.75, 3.05) is 40.0 Å². The van der Waals surface area contributed by atoms with E-state index < -0.39 is 22.0 Å². The average molecular weight is 645 g/mol. The zero-order valence-corrected chi connectivity index (χ0v) is 26.3. The molecule has 12 heteroatoms. The summed E-state index contributed by atoms with van der Waals surface area (Å²) in [5.74, 6) is 0.176. The van der Waals surface area contributed by atoms with Crippen molar-refractivity contribution in [1.29, 1.82) is 0 Å². The molecule has 0 aliphatic carbocycles. The molecule has 4 aromatic rings. The number of nitrogens with one attached hydrogen (secondary N) is 1. The van der Waals surface area contributed by atoms with Gasteiger partial charge in [0.15, 0.2) is 6.61 Å². The molecule has 46 heavy (non-hydrogen) atoms. The maximum absolute atomic E-state index is 13.9. The number of carbonyl (C=O) groups excluding carboxylic acids is 2. The highest BCUT2D eigenvalue weighted by Gasteiger charge is 2.32. The molecule has 2 amide bonds. The van der Waals surface area contributed by atoms with Crippen LogP contribution in [0, 0.1) is 0 Å². The van der Waals surface area contributed by atoms with Gasteiger partial charge in [-0.2, -0.15) is 4.31 Å². The van der Waals surface area contributed by atoms with Gasteiger partial charge in [0, 0.05) is 38.6 Å². The van der Waals surface area contributed by atoms with E-state index in [4.69, 9.17) is 14.2 Å². The summed E-state index contributed by atoms with van der Waals surface area (Å²) in [5.41, 5.74) is 2.23. The Hall–Kier alpha value is -4.78. The predicted molar refractivity (Wildman–Crippen MR) is 170 cm³/mol. The number of ether oxygens (including phenoxy) is 3.